The summed E-state index contributed by atoms with van der Waals surface area (Å²) >= 11 is 1.58. The maximum atomic E-state index is 12.7. The number of esters is 1. The van der Waals surface area contributed by atoms with Crippen molar-refractivity contribution in [3.63, 3.8) is 0 Å². The van der Waals surface area contributed by atoms with Crippen molar-refractivity contribution in [2.75, 3.05) is 6.61 Å². The third-order valence-electron chi connectivity index (χ3n) is 5.84. The number of hydrogen-bond acceptors (Lipinski definition) is 5. The molecule has 0 aromatic carbocycles. The van der Waals surface area contributed by atoms with E-state index in [0.717, 1.165) is 37.0 Å². The van der Waals surface area contributed by atoms with E-state index in [0.29, 0.717) is 24.8 Å². The van der Waals surface area contributed by atoms with Gasteiger partial charge in [0.1, 0.15) is 0 Å². The molecule has 0 radical (unpaired) electrons. The normalized spacial score (nSPS) is 36.5. The minimum atomic E-state index is -0.690. The Morgan fingerprint density at radius 3 is 2.67 bits per heavy atom. The van der Waals surface area contributed by atoms with Crippen molar-refractivity contribution in [2.24, 2.45) is 17.3 Å². The van der Waals surface area contributed by atoms with Crippen LogP contribution in [0.3, 0.4) is 0 Å². The Morgan fingerprint density at radius 2 is 2.04 bits per heavy atom. The summed E-state index contributed by atoms with van der Waals surface area (Å²) in [6.07, 6.45) is 4.88. The van der Waals surface area contributed by atoms with E-state index in [1.165, 1.54) is 0 Å². The molecule has 4 atom stereocenters. The van der Waals surface area contributed by atoms with Gasteiger partial charge in [-0.3, -0.25) is 9.59 Å². The molecule has 5 rings (SSSR count). The number of aliphatic hydroxyl groups is 1. The van der Waals surface area contributed by atoms with Gasteiger partial charge >= 0.3 is 5.97 Å². The van der Waals surface area contributed by atoms with Gasteiger partial charge in [-0.1, -0.05) is 6.07 Å². The standard InChI is InChI=1S/C18H23NO4S/c20-15(19-9-14-2-1-3-24-14)10-23-16(21)17-5-12-4-13(6-17)8-18(22,7-12)11-17/h1-3,12-13,22H,4-11H2,(H,19,20)/t12-,13+,17?,18?. The SMILES string of the molecule is O=C(COC(=O)C12C[C@@H]3C[C@@H](CC(O)(C3)C1)C2)NCc1cccs1. The average Bonchev–Trinajstić information content (AvgIpc) is 3.01. The number of hydrogen-bond donors (Lipinski definition) is 2. The Balaban J connectivity index is 1.32. The van der Waals surface area contributed by atoms with Crippen LogP contribution in [0.2, 0.25) is 0 Å². The zero-order valence-electron chi connectivity index (χ0n) is 13.6. The predicted molar refractivity (Wildman–Crippen MR) is 89.2 cm³/mol. The van der Waals surface area contributed by atoms with Crippen LogP contribution in [0.25, 0.3) is 0 Å². The summed E-state index contributed by atoms with van der Waals surface area (Å²) in [5.41, 5.74) is -1.25. The summed E-state index contributed by atoms with van der Waals surface area (Å²) in [6.45, 7) is 0.225. The average molecular weight is 349 g/mol. The second-order valence-electron chi connectivity index (χ2n) is 7.90. The van der Waals surface area contributed by atoms with E-state index in [1.807, 2.05) is 17.5 Å². The van der Waals surface area contributed by atoms with E-state index in [1.54, 1.807) is 11.3 Å². The highest BCUT2D eigenvalue weighted by atomic mass is 32.1. The molecule has 1 aromatic heterocycles. The summed E-state index contributed by atoms with van der Waals surface area (Å²) in [4.78, 5) is 25.6. The molecule has 0 spiro atoms. The molecule has 2 unspecified atom stereocenters. The number of ether oxygens (including phenoxy) is 1. The molecular weight excluding hydrogens is 326 g/mol. The van der Waals surface area contributed by atoms with Crippen LogP contribution in [-0.4, -0.2) is 29.2 Å². The molecule has 130 valence electrons. The fourth-order valence-electron chi connectivity index (χ4n) is 5.39. The molecule has 6 heteroatoms. The molecule has 24 heavy (non-hydrogen) atoms. The van der Waals surface area contributed by atoms with Gasteiger partial charge in [0.05, 0.1) is 17.6 Å². The highest BCUT2D eigenvalue weighted by Crippen LogP contribution is 2.61. The molecule has 1 heterocycles. The molecule has 4 bridgehead atoms. The zero-order chi connectivity index (χ0) is 16.8. The van der Waals surface area contributed by atoms with E-state index in [-0.39, 0.29) is 18.5 Å². The van der Waals surface area contributed by atoms with Crippen LogP contribution in [0.5, 0.6) is 0 Å². The van der Waals surface area contributed by atoms with Crippen LogP contribution in [0, 0.1) is 17.3 Å². The number of amides is 1. The van der Waals surface area contributed by atoms with Crippen molar-refractivity contribution < 1.29 is 19.4 Å². The lowest BCUT2D eigenvalue weighted by Crippen LogP contribution is -2.58. The van der Waals surface area contributed by atoms with Gasteiger partial charge in [0.15, 0.2) is 6.61 Å². The highest BCUT2D eigenvalue weighted by Gasteiger charge is 2.60. The molecule has 4 saturated carbocycles. The zero-order valence-corrected chi connectivity index (χ0v) is 14.4. The smallest absolute Gasteiger partial charge is 0.312 e. The highest BCUT2D eigenvalue weighted by molar-refractivity contribution is 7.09. The van der Waals surface area contributed by atoms with E-state index in [4.69, 9.17) is 4.74 Å². The summed E-state index contributed by atoms with van der Waals surface area (Å²) in [5, 5.41) is 15.4. The lowest BCUT2D eigenvalue weighted by atomic mass is 9.48. The lowest BCUT2D eigenvalue weighted by Gasteiger charge is -2.58. The Labute approximate surface area is 145 Å². The van der Waals surface area contributed by atoms with Gasteiger partial charge in [-0.15, -0.1) is 11.3 Å². The van der Waals surface area contributed by atoms with Crippen molar-refractivity contribution >= 4 is 23.2 Å². The van der Waals surface area contributed by atoms with Gasteiger partial charge in [0.25, 0.3) is 5.91 Å². The van der Waals surface area contributed by atoms with Gasteiger partial charge in [0, 0.05) is 4.88 Å². The van der Waals surface area contributed by atoms with Crippen molar-refractivity contribution in [1.29, 1.82) is 0 Å². The first-order valence-electron chi connectivity index (χ1n) is 8.65. The number of rotatable bonds is 5. The van der Waals surface area contributed by atoms with Gasteiger partial charge < -0.3 is 15.2 Å². The van der Waals surface area contributed by atoms with Crippen molar-refractivity contribution in [2.45, 2.75) is 50.7 Å². The molecular formula is C18H23NO4S. The molecule has 1 aromatic rings. The monoisotopic (exact) mass is 349 g/mol. The Hall–Kier alpha value is -1.40. The van der Waals surface area contributed by atoms with E-state index in [9.17, 15) is 14.7 Å². The van der Waals surface area contributed by atoms with Crippen LogP contribution in [0.4, 0.5) is 0 Å². The quantitative estimate of drug-likeness (QED) is 0.800. The minimum Gasteiger partial charge on any atom is -0.455 e. The second-order valence-corrected chi connectivity index (χ2v) is 8.93. The van der Waals surface area contributed by atoms with Crippen LogP contribution >= 0.6 is 11.3 Å². The Morgan fingerprint density at radius 1 is 1.29 bits per heavy atom. The van der Waals surface area contributed by atoms with E-state index < -0.39 is 11.0 Å². The number of nitrogens with one attached hydrogen (secondary N) is 1. The molecule has 2 N–H and O–H groups in total. The fourth-order valence-corrected chi connectivity index (χ4v) is 6.03. The lowest BCUT2D eigenvalue weighted by molar-refractivity contribution is -0.196. The second kappa shape index (κ2) is 5.85. The molecule has 4 aliphatic carbocycles. The maximum absolute atomic E-state index is 12.7. The first-order valence-corrected chi connectivity index (χ1v) is 9.53. The van der Waals surface area contributed by atoms with E-state index in [2.05, 4.69) is 5.32 Å². The molecule has 0 saturated heterocycles. The Kier molecular flexibility index (Phi) is 3.92. The molecule has 0 aliphatic heterocycles. The molecule has 4 fully saturated rings. The first-order chi connectivity index (χ1) is 11.5. The van der Waals surface area contributed by atoms with Gasteiger partial charge in [-0.05, 0) is 61.8 Å². The van der Waals surface area contributed by atoms with Crippen molar-refractivity contribution in [1.82, 2.24) is 5.32 Å². The van der Waals surface area contributed by atoms with Crippen LogP contribution < -0.4 is 5.32 Å². The van der Waals surface area contributed by atoms with Gasteiger partial charge in [0.2, 0.25) is 0 Å². The maximum Gasteiger partial charge on any atom is 0.312 e. The first kappa shape index (κ1) is 16.1. The largest absolute Gasteiger partial charge is 0.455 e. The molecule has 4 aliphatic rings. The number of carbonyl (C=O) groups is 2. The van der Waals surface area contributed by atoms with Crippen LogP contribution in [-0.2, 0) is 20.9 Å². The Bertz CT molecular complexity index is 627. The topological polar surface area (TPSA) is 75.6 Å². The molecule has 5 nitrogen and oxygen atoms in total. The number of thiophene rings is 1. The third-order valence-corrected chi connectivity index (χ3v) is 6.71. The van der Waals surface area contributed by atoms with E-state index >= 15 is 0 Å². The van der Waals surface area contributed by atoms with Crippen molar-refractivity contribution in [3.8, 4) is 0 Å². The van der Waals surface area contributed by atoms with Crippen LogP contribution in [0.1, 0.15) is 43.4 Å². The van der Waals surface area contributed by atoms with Gasteiger partial charge in [-0.25, -0.2) is 0 Å². The third kappa shape index (κ3) is 2.97. The van der Waals surface area contributed by atoms with Crippen LogP contribution in [0.15, 0.2) is 17.5 Å². The summed E-state index contributed by atoms with van der Waals surface area (Å²) in [5.74, 6) is 0.286. The summed E-state index contributed by atoms with van der Waals surface area (Å²) < 4.78 is 5.34. The van der Waals surface area contributed by atoms with Gasteiger partial charge in [-0.2, -0.15) is 0 Å². The summed E-state index contributed by atoms with van der Waals surface area (Å²) in [6, 6.07) is 3.89. The predicted octanol–water partition coefficient (Wildman–Crippen LogP) is 2.24. The fraction of sp³-hybridized carbons (Fsp3) is 0.667. The number of carbonyl (C=O) groups excluding carboxylic acids is 2. The minimum absolute atomic E-state index is 0.236. The summed E-state index contributed by atoms with van der Waals surface area (Å²) in [7, 11) is 0. The van der Waals surface area contributed by atoms with Crippen molar-refractivity contribution in [3.05, 3.63) is 22.4 Å². The molecule has 1 amide bonds.